The maximum Gasteiger partial charge on any atom is 0.233 e. The van der Waals surface area contributed by atoms with Gasteiger partial charge in [0.05, 0.1) is 10.7 Å². The zero-order chi connectivity index (χ0) is 14.8. The van der Waals surface area contributed by atoms with Crippen LogP contribution in [0.4, 0.5) is 17.6 Å². The van der Waals surface area contributed by atoms with Crippen molar-refractivity contribution in [1.29, 1.82) is 0 Å². The third-order valence-corrected chi connectivity index (χ3v) is 3.84. The van der Waals surface area contributed by atoms with Gasteiger partial charge in [-0.15, -0.1) is 0 Å². The molecule has 2 aromatic rings. The molecule has 1 aliphatic heterocycles. The Morgan fingerprint density at radius 3 is 2.57 bits per heavy atom. The maximum atomic E-state index is 6.21. The van der Waals surface area contributed by atoms with Gasteiger partial charge in [0.25, 0.3) is 0 Å². The van der Waals surface area contributed by atoms with Gasteiger partial charge in [-0.2, -0.15) is 15.0 Å². The Hall–Kier alpha value is -1.59. The van der Waals surface area contributed by atoms with Crippen LogP contribution >= 0.6 is 23.2 Å². The Kier molecular flexibility index (Phi) is 4.12. The molecule has 0 atom stereocenters. The van der Waals surface area contributed by atoms with E-state index in [1.54, 1.807) is 0 Å². The van der Waals surface area contributed by atoms with Crippen LogP contribution in [0.3, 0.4) is 0 Å². The standard InChI is InChI=1S/C14H15Cl2N5/c1-9-4-5-11(10(15)8-9)17-13-18-12(16)19-14(20-13)21-6-2-3-7-21/h4-5,8H,2-3,6-7H2,1H3,(H,17,18,19,20). The highest BCUT2D eigenvalue weighted by Gasteiger charge is 2.17. The second kappa shape index (κ2) is 6.03. The molecular formula is C14H15Cl2N5. The number of rotatable bonds is 3. The number of aryl methyl sites for hydroxylation is 1. The maximum absolute atomic E-state index is 6.21. The van der Waals surface area contributed by atoms with E-state index in [9.17, 15) is 0 Å². The molecule has 1 N–H and O–H groups in total. The van der Waals surface area contributed by atoms with Crippen LogP contribution in [0.5, 0.6) is 0 Å². The molecule has 3 rings (SSSR count). The van der Waals surface area contributed by atoms with Gasteiger partial charge in [0.15, 0.2) is 0 Å². The normalized spacial score (nSPS) is 14.5. The van der Waals surface area contributed by atoms with Crippen molar-refractivity contribution in [3.63, 3.8) is 0 Å². The second-order valence-electron chi connectivity index (χ2n) is 5.03. The van der Waals surface area contributed by atoms with Crippen molar-refractivity contribution in [2.75, 3.05) is 23.3 Å². The summed E-state index contributed by atoms with van der Waals surface area (Å²) in [5, 5.41) is 3.90. The molecule has 7 heteroatoms. The van der Waals surface area contributed by atoms with Crippen LogP contribution in [-0.2, 0) is 0 Å². The van der Waals surface area contributed by atoms with E-state index in [2.05, 4.69) is 25.2 Å². The van der Waals surface area contributed by atoms with Gasteiger partial charge < -0.3 is 10.2 Å². The first-order valence-electron chi connectivity index (χ1n) is 6.81. The fourth-order valence-electron chi connectivity index (χ4n) is 2.30. The average molecular weight is 324 g/mol. The minimum Gasteiger partial charge on any atom is -0.341 e. The zero-order valence-electron chi connectivity index (χ0n) is 11.6. The van der Waals surface area contributed by atoms with Crippen LogP contribution in [0.2, 0.25) is 10.3 Å². The molecule has 0 amide bonds. The van der Waals surface area contributed by atoms with Gasteiger partial charge in [0.1, 0.15) is 0 Å². The van der Waals surface area contributed by atoms with Gasteiger partial charge in [-0.05, 0) is 49.1 Å². The fourth-order valence-corrected chi connectivity index (χ4v) is 2.73. The first-order chi connectivity index (χ1) is 10.1. The van der Waals surface area contributed by atoms with Crippen LogP contribution in [0, 0.1) is 6.92 Å². The Labute approximate surface area is 133 Å². The van der Waals surface area contributed by atoms with E-state index in [1.807, 2.05) is 25.1 Å². The molecule has 2 heterocycles. The fraction of sp³-hybridized carbons (Fsp3) is 0.357. The van der Waals surface area contributed by atoms with Crippen molar-refractivity contribution in [3.05, 3.63) is 34.1 Å². The van der Waals surface area contributed by atoms with Crippen molar-refractivity contribution in [3.8, 4) is 0 Å². The molecule has 1 fully saturated rings. The van der Waals surface area contributed by atoms with Crippen molar-refractivity contribution < 1.29 is 0 Å². The second-order valence-corrected chi connectivity index (χ2v) is 5.78. The summed E-state index contributed by atoms with van der Waals surface area (Å²) in [4.78, 5) is 14.8. The molecule has 110 valence electrons. The molecule has 1 saturated heterocycles. The molecule has 0 aliphatic carbocycles. The highest BCUT2D eigenvalue weighted by atomic mass is 35.5. The van der Waals surface area contributed by atoms with Gasteiger partial charge in [0.2, 0.25) is 17.2 Å². The molecule has 1 aliphatic rings. The summed E-state index contributed by atoms with van der Waals surface area (Å²) in [6.07, 6.45) is 2.30. The number of hydrogen-bond donors (Lipinski definition) is 1. The molecule has 1 aromatic heterocycles. The lowest BCUT2D eigenvalue weighted by Crippen LogP contribution is -2.21. The lowest BCUT2D eigenvalue weighted by Gasteiger charge is -2.16. The molecule has 0 unspecified atom stereocenters. The highest BCUT2D eigenvalue weighted by molar-refractivity contribution is 6.33. The first kappa shape index (κ1) is 14.4. The zero-order valence-corrected chi connectivity index (χ0v) is 13.1. The van der Waals surface area contributed by atoms with E-state index in [0.29, 0.717) is 16.9 Å². The summed E-state index contributed by atoms with van der Waals surface area (Å²) in [6.45, 7) is 3.89. The summed E-state index contributed by atoms with van der Waals surface area (Å²) in [7, 11) is 0. The molecule has 0 bridgehead atoms. The summed E-state index contributed by atoms with van der Waals surface area (Å²) in [5.74, 6) is 1.01. The summed E-state index contributed by atoms with van der Waals surface area (Å²) in [6, 6.07) is 5.75. The Bertz CT molecular complexity index is 656. The van der Waals surface area contributed by atoms with Crippen LogP contribution in [0.15, 0.2) is 18.2 Å². The predicted molar refractivity (Wildman–Crippen MR) is 85.8 cm³/mol. The largest absolute Gasteiger partial charge is 0.341 e. The molecule has 0 radical (unpaired) electrons. The molecule has 0 spiro atoms. The van der Waals surface area contributed by atoms with Crippen molar-refractivity contribution in [1.82, 2.24) is 15.0 Å². The van der Waals surface area contributed by atoms with Crippen molar-refractivity contribution >= 4 is 40.8 Å². The number of anilines is 3. The van der Waals surface area contributed by atoms with E-state index in [0.717, 1.165) is 37.2 Å². The SMILES string of the molecule is Cc1ccc(Nc2nc(Cl)nc(N3CCCC3)n2)c(Cl)c1. The van der Waals surface area contributed by atoms with Gasteiger partial charge >= 0.3 is 0 Å². The van der Waals surface area contributed by atoms with Gasteiger partial charge in [-0.25, -0.2) is 0 Å². The van der Waals surface area contributed by atoms with Gasteiger partial charge in [-0.1, -0.05) is 17.7 Å². The van der Waals surface area contributed by atoms with Crippen molar-refractivity contribution in [2.24, 2.45) is 0 Å². The Morgan fingerprint density at radius 2 is 1.86 bits per heavy atom. The van der Waals surface area contributed by atoms with Gasteiger partial charge in [0, 0.05) is 13.1 Å². The lowest BCUT2D eigenvalue weighted by molar-refractivity contribution is 0.883. The average Bonchev–Trinajstić information content (AvgIpc) is 2.95. The molecule has 0 saturated carbocycles. The molecule has 21 heavy (non-hydrogen) atoms. The van der Waals surface area contributed by atoms with Crippen LogP contribution < -0.4 is 10.2 Å². The summed E-state index contributed by atoms with van der Waals surface area (Å²) < 4.78 is 0. The number of aromatic nitrogens is 3. The van der Waals surface area contributed by atoms with Crippen molar-refractivity contribution in [2.45, 2.75) is 19.8 Å². The number of nitrogens with one attached hydrogen (secondary N) is 1. The van der Waals surface area contributed by atoms with Crippen LogP contribution in [0.1, 0.15) is 18.4 Å². The summed E-state index contributed by atoms with van der Waals surface area (Å²) in [5.41, 5.74) is 1.84. The minimum absolute atomic E-state index is 0.178. The van der Waals surface area contributed by atoms with Crippen LogP contribution in [0.25, 0.3) is 0 Å². The summed E-state index contributed by atoms with van der Waals surface area (Å²) >= 11 is 12.2. The highest BCUT2D eigenvalue weighted by Crippen LogP contribution is 2.26. The number of hydrogen-bond acceptors (Lipinski definition) is 5. The first-order valence-corrected chi connectivity index (χ1v) is 7.57. The van der Waals surface area contributed by atoms with E-state index < -0.39 is 0 Å². The number of halogens is 2. The van der Waals surface area contributed by atoms with E-state index in [-0.39, 0.29) is 5.28 Å². The van der Waals surface area contributed by atoms with E-state index >= 15 is 0 Å². The third kappa shape index (κ3) is 3.36. The monoisotopic (exact) mass is 323 g/mol. The smallest absolute Gasteiger partial charge is 0.233 e. The molecule has 5 nitrogen and oxygen atoms in total. The third-order valence-electron chi connectivity index (χ3n) is 3.36. The van der Waals surface area contributed by atoms with E-state index in [1.165, 1.54) is 0 Å². The predicted octanol–water partition coefficient (Wildman–Crippen LogP) is 3.83. The molecular weight excluding hydrogens is 309 g/mol. The molecule has 1 aromatic carbocycles. The van der Waals surface area contributed by atoms with E-state index in [4.69, 9.17) is 23.2 Å². The van der Waals surface area contributed by atoms with Gasteiger partial charge in [-0.3, -0.25) is 0 Å². The number of nitrogens with zero attached hydrogens (tertiary/aromatic N) is 4. The van der Waals surface area contributed by atoms with Crippen LogP contribution in [-0.4, -0.2) is 28.0 Å². The minimum atomic E-state index is 0.178. The number of benzene rings is 1. The lowest BCUT2D eigenvalue weighted by atomic mass is 10.2. The quantitative estimate of drug-likeness (QED) is 0.930. The Morgan fingerprint density at radius 1 is 1.10 bits per heavy atom. The Balaban J connectivity index is 1.87. The topological polar surface area (TPSA) is 53.9 Å².